The lowest BCUT2D eigenvalue weighted by Crippen LogP contribution is -2.14. The molecule has 4 aromatic carbocycles. The van der Waals surface area contributed by atoms with Crippen LogP contribution in [0, 0.1) is 34.1 Å². The molecule has 4 rings (SSSR count). The quantitative estimate of drug-likeness (QED) is 0.0673. The Morgan fingerprint density at radius 3 is 1.20 bits per heavy atom. The molecule has 0 aliphatic carbocycles. The van der Waals surface area contributed by atoms with Crippen molar-refractivity contribution in [2.45, 2.75) is 33.4 Å². The molecule has 0 amide bonds. The number of nitrogens with one attached hydrogen (secondary N) is 2. The number of anilines is 2. The van der Waals surface area contributed by atoms with Gasteiger partial charge in [0, 0.05) is 23.3 Å². The topological polar surface area (TPSA) is 287 Å². The van der Waals surface area contributed by atoms with E-state index in [0.717, 1.165) is 72.8 Å². The molecule has 0 heterocycles. The Kier molecular flexibility index (Phi) is 10.2. The highest BCUT2D eigenvalue weighted by Gasteiger charge is 2.24. The largest absolute Gasteiger partial charge is 0.295 e. The van der Waals surface area contributed by atoms with E-state index in [0.29, 0.717) is 0 Å². The third kappa shape index (κ3) is 8.47. The van der Waals surface area contributed by atoms with Crippen molar-refractivity contribution in [2.75, 3.05) is 9.44 Å². The lowest BCUT2D eigenvalue weighted by Gasteiger charge is -2.12. The van der Waals surface area contributed by atoms with Gasteiger partial charge < -0.3 is 0 Å². The molecular formula is C28H24N4O14S4. The highest BCUT2D eigenvalue weighted by atomic mass is 32.2. The van der Waals surface area contributed by atoms with Crippen LogP contribution in [0.25, 0.3) is 12.2 Å². The van der Waals surface area contributed by atoms with Gasteiger partial charge in [0.25, 0.3) is 51.7 Å². The Balaban J connectivity index is 1.69. The van der Waals surface area contributed by atoms with Gasteiger partial charge >= 0.3 is 0 Å². The number of aryl methyl sites for hydroxylation is 2. The number of hydrogen-bond donors (Lipinski definition) is 4. The summed E-state index contributed by atoms with van der Waals surface area (Å²) in [5, 5.41) is 22.5. The van der Waals surface area contributed by atoms with Gasteiger partial charge in [0.2, 0.25) is 0 Å². The zero-order valence-electron chi connectivity index (χ0n) is 25.4. The summed E-state index contributed by atoms with van der Waals surface area (Å²) in [7, 11) is -19.1. The molecule has 0 unspecified atom stereocenters. The average Bonchev–Trinajstić information content (AvgIpc) is 2.99. The number of rotatable bonds is 12. The van der Waals surface area contributed by atoms with E-state index in [2.05, 4.69) is 9.44 Å². The molecule has 18 nitrogen and oxygen atoms in total. The van der Waals surface area contributed by atoms with Crippen molar-refractivity contribution in [1.82, 2.24) is 0 Å². The predicted octanol–water partition coefficient (Wildman–Crippen LogP) is 4.39. The highest BCUT2D eigenvalue weighted by Crippen LogP contribution is 2.30. The molecule has 0 spiro atoms. The van der Waals surface area contributed by atoms with Crippen molar-refractivity contribution in [3.05, 3.63) is 115 Å². The molecular weight excluding hydrogens is 745 g/mol. The van der Waals surface area contributed by atoms with Crippen LogP contribution in [0.5, 0.6) is 0 Å². The minimum Gasteiger partial charge on any atom is -0.282 e. The van der Waals surface area contributed by atoms with Gasteiger partial charge in [0.1, 0.15) is 9.79 Å². The van der Waals surface area contributed by atoms with Gasteiger partial charge in [-0.25, -0.2) is 16.8 Å². The Bertz CT molecular complexity index is 2380. The molecule has 50 heavy (non-hydrogen) atoms. The van der Waals surface area contributed by atoms with Crippen molar-refractivity contribution in [3.63, 3.8) is 0 Å². The standard InChI is InChI=1S/C28H24N4O14S4/c1-17-3-11-23(15-25(17)31(33)34)47(37,38)29-21-9-7-19(27(13-21)49(41,42)43)5-6-20-8-10-22(14-28(20)50(44,45)46)30-48(39,40)24-12-4-18(2)26(16-24)32(35)36/h3-16,29-30H,1-2H3,(H,41,42,43)(H,44,45,46). The van der Waals surface area contributed by atoms with Crippen LogP contribution in [0.15, 0.2) is 92.4 Å². The van der Waals surface area contributed by atoms with Crippen molar-refractivity contribution < 1.29 is 52.6 Å². The van der Waals surface area contributed by atoms with E-state index in [1.807, 2.05) is 0 Å². The molecule has 0 bridgehead atoms. The summed E-state index contributed by atoms with van der Waals surface area (Å²) >= 11 is 0. The molecule has 0 atom stereocenters. The van der Waals surface area contributed by atoms with Gasteiger partial charge in [-0.05, 0) is 61.4 Å². The first-order valence-electron chi connectivity index (χ1n) is 13.5. The lowest BCUT2D eigenvalue weighted by molar-refractivity contribution is -0.385. The third-order valence-electron chi connectivity index (χ3n) is 6.91. The van der Waals surface area contributed by atoms with E-state index >= 15 is 0 Å². The summed E-state index contributed by atoms with van der Waals surface area (Å²) in [6, 6.07) is 11.8. The van der Waals surface area contributed by atoms with Gasteiger partial charge in [-0.2, -0.15) is 16.8 Å². The van der Waals surface area contributed by atoms with Gasteiger partial charge in [-0.1, -0.05) is 36.4 Å². The van der Waals surface area contributed by atoms with E-state index in [1.165, 1.54) is 26.0 Å². The zero-order valence-corrected chi connectivity index (χ0v) is 28.7. The second-order valence-electron chi connectivity index (χ2n) is 10.4. The van der Waals surface area contributed by atoms with Crippen LogP contribution in [0.3, 0.4) is 0 Å². The second-order valence-corrected chi connectivity index (χ2v) is 16.6. The van der Waals surface area contributed by atoms with Crippen LogP contribution in [0.4, 0.5) is 22.7 Å². The molecule has 0 aliphatic rings. The first-order chi connectivity index (χ1) is 23.0. The Morgan fingerprint density at radius 2 is 0.900 bits per heavy atom. The molecule has 22 heteroatoms. The second kappa shape index (κ2) is 13.6. The van der Waals surface area contributed by atoms with Crippen LogP contribution in [0.2, 0.25) is 0 Å². The van der Waals surface area contributed by atoms with Gasteiger partial charge in [0.05, 0.1) is 31.0 Å². The maximum atomic E-state index is 12.9. The highest BCUT2D eigenvalue weighted by molar-refractivity contribution is 7.93. The zero-order chi connectivity index (χ0) is 37.4. The molecule has 4 aromatic rings. The molecule has 0 aromatic heterocycles. The minimum atomic E-state index is -5.07. The van der Waals surface area contributed by atoms with Crippen LogP contribution in [-0.2, 0) is 40.3 Å². The van der Waals surface area contributed by atoms with Gasteiger partial charge in [-0.15, -0.1) is 0 Å². The molecule has 264 valence electrons. The van der Waals surface area contributed by atoms with E-state index in [-0.39, 0.29) is 33.6 Å². The summed E-state index contributed by atoms with van der Waals surface area (Å²) in [5.74, 6) is 0. The van der Waals surface area contributed by atoms with Crippen LogP contribution in [-0.4, -0.2) is 52.6 Å². The van der Waals surface area contributed by atoms with Crippen LogP contribution in [0.1, 0.15) is 22.3 Å². The SMILES string of the molecule is Cc1ccc(S(=O)(=O)Nc2ccc(C=Cc3ccc(NS(=O)(=O)c4ccc(C)c([N+](=O)[O-])c4)cc3S(=O)(=O)O)c(S(=O)(=O)O)c2)cc1[N+](=O)[O-]. The summed E-state index contributed by atoms with van der Waals surface area (Å²) in [5.41, 5.74) is -1.97. The van der Waals surface area contributed by atoms with Crippen molar-refractivity contribution in [2.24, 2.45) is 0 Å². The summed E-state index contributed by atoms with van der Waals surface area (Å²) in [6.07, 6.45) is 1.98. The molecule has 0 saturated heterocycles. The smallest absolute Gasteiger partial charge is 0.282 e. The van der Waals surface area contributed by atoms with E-state index in [4.69, 9.17) is 0 Å². The fourth-order valence-corrected chi connectivity index (χ4v) is 7.99. The number of sulfonamides is 2. The maximum Gasteiger partial charge on any atom is 0.295 e. The first-order valence-corrected chi connectivity index (χ1v) is 19.3. The maximum absolute atomic E-state index is 12.9. The van der Waals surface area contributed by atoms with Gasteiger partial charge in [-0.3, -0.25) is 38.8 Å². The van der Waals surface area contributed by atoms with Crippen molar-refractivity contribution in [3.8, 4) is 0 Å². The number of nitro benzene ring substituents is 2. The summed E-state index contributed by atoms with van der Waals surface area (Å²) < 4.78 is 124. The Labute approximate surface area is 285 Å². The third-order valence-corrected chi connectivity index (χ3v) is 11.5. The molecule has 0 saturated carbocycles. The summed E-state index contributed by atoms with van der Waals surface area (Å²) in [6.45, 7) is 2.79. The normalized spacial score (nSPS) is 12.5. The van der Waals surface area contributed by atoms with Crippen LogP contribution < -0.4 is 9.44 Å². The van der Waals surface area contributed by atoms with Crippen LogP contribution >= 0.6 is 0 Å². The van der Waals surface area contributed by atoms with E-state index in [1.54, 1.807) is 0 Å². The Hall–Kier alpha value is -5.26. The van der Waals surface area contributed by atoms with Gasteiger partial charge in [0.15, 0.2) is 0 Å². The number of nitrogens with zero attached hydrogens (tertiary/aromatic N) is 2. The number of hydrogen-bond acceptors (Lipinski definition) is 12. The molecule has 0 fully saturated rings. The molecule has 0 radical (unpaired) electrons. The van der Waals surface area contributed by atoms with Crippen molar-refractivity contribution in [1.29, 1.82) is 0 Å². The number of benzene rings is 4. The fraction of sp³-hybridized carbons (Fsp3) is 0.0714. The lowest BCUT2D eigenvalue weighted by atomic mass is 10.1. The van der Waals surface area contributed by atoms with Crippen molar-refractivity contribution >= 4 is 75.2 Å². The summed E-state index contributed by atoms with van der Waals surface area (Å²) in [4.78, 5) is 18.2. The fourth-order valence-electron chi connectivity index (χ4n) is 4.43. The first kappa shape index (κ1) is 37.6. The monoisotopic (exact) mass is 768 g/mol. The minimum absolute atomic E-state index is 0.183. The Morgan fingerprint density at radius 1 is 0.560 bits per heavy atom. The van der Waals surface area contributed by atoms with E-state index in [9.17, 15) is 63.0 Å². The number of nitro groups is 2. The molecule has 4 N–H and O–H groups in total. The van der Waals surface area contributed by atoms with E-state index < -0.39 is 81.1 Å². The average molecular weight is 769 g/mol. The predicted molar refractivity (Wildman–Crippen MR) is 179 cm³/mol. The molecule has 0 aliphatic heterocycles.